The van der Waals surface area contributed by atoms with E-state index >= 15 is 0 Å². The Balaban J connectivity index is 1.29. The molecule has 5 rings (SSSR count). The lowest BCUT2D eigenvalue weighted by atomic mass is 10.1. The fourth-order valence-electron chi connectivity index (χ4n) is 3.24. The van der Waals surface area contributed by atoms with Crippen molar-refractivity contribution in [2.45, 2.75) is 24.5 Å². The number of phosphoric acid groups is 1. The number of nitrogens with two attached hydrogens (primary N) is 1. The third-order valence-corrected chi connectivity index (χ3v) is 5.57. The summed E-state index contributed by atoms with van der Waals surface area (Å²) in [5.74, 6) is 0.126. The molecule has 0 aromatic carbocycles. The molecular formula is C15H15N9O7P-. The maximum atomic E-state index is 12.2. The Morgan fingerprint density at radius 1 is 1.22 bits per heavy atom. The lowest BCUT2D eigenvalue weighted by Crippen LogP contribution is -2.34. The van der Waals surface area contributed by atoms with Crippen LogP contribution in [-0.2, 0) is 13.8 Å². The number of aliphatic hydroxyl groups excluding tert-OH is 2. The zero-order valence-corrected chi connectivity index (χ0v) is 16.8. The summed E-state index contributed by atoms with van der Waals surface area (Å²) >= 11 is 0. The molecule has 0 spiro atoms. The quantitative estimate of drug-likeness (QED) is 0.257. The minimum atomic E-state index is -4.97. The van der Waals surface area contributed by atoms with Crippen LogP contribution in [0.1, 0.15) is 6.23 Å². The molecule has 1 fully saturated rings. The molecule has 1 aliphatic heterocycles. The van der Waals surface area contributed by atoms with Crippen molar-refractivity contribution in [1.82, 2.24) is 39.7 Å². The van der Waals surface area contributed by atoms with Crippen molar-refractivity contribution in [3.63, 3.8) is 0 Å². The number of phosphoric ester groups is 1. The number of nitrogen functional groups attached to an aromatic ring is 1. The Morgan fingerprint density at radius 3 is 2.91 bits per heavy atom. The molecule has 0 saturated carbocycles. The third kappa shape index (κ3) is 3.54. The standard InChI is InChI=1S/C15H16N9O7P/c16-12-9-14(19-5-18-12)23(6-20-9)15-11(26)10(25)8(30-15)4-29-32(27,28)31-24-13-7(21-22-24)2-1-3-17-13/h1-3,5-6,8,10-11,15,25-26H,4H2,(H,27,28)(H2,16,18,19)/p-1/t8-,10-,11-,15-/m1/s1. The molecular weight excluding hydrogens is 449 g/mol. The maximum absolute atomic E-state index is 12.2. The molecule has 0 amide bonds. The van der Waals surface area contributed by atoms with Crippen LogP contribution in [0.25, 0.3) is 22.3 Å². The van der Waals surface area contributed by atoms with Crippen LogP contribution in [0.2, 0.25) is 0 Å². The molecule has 4 N–H and O–H groups in total. The molecule has 1 aliphatic rings. The predicted octanol–water partition coefficient (Wildman–Crippen LogP) is -2.22. The Labute approximate surface area is 177 Å². The normalized spacial score (nSPS) is 25.3. The third-order valence-electron chi connectivity index (χ3n) is 4.75. The molecule has 1 unspecified atom stereocenters. The number of rotatable bonds is 6. The number of ether oxygens (including phenoxy) is 1. The first-order valence-corrected chi connectivity index (χ1v) is 10.6. The van der Waals surface area contributed by atoms with E-state index in [1.165, 1.54) is 23.4 Å². The largest absolute Gasteiger partial charge is 0.745 e. The molecule has 4 aromatic heterocycles. The van der Waals surface area contributed by atoms with Crippen LogP contribution in [0.3, 0.4) is 0 Å². The van der Waals surface area contributed by atoms with E-state index in [1.54, 1.807) is 12.1 Å². The number of hydrogen-bond acceptors (Lipinski definition) is 14. The molecule has 17 heteroatoms. The summed E-state index contributed by atoms with van der Waals surface area (Å²) < 4.78 is 28.8. The molecule has 32 heavy (non-hydrogen) atoms. The van der Waals surface area contributed by atoms with Crippen LogP contribution in [0.15, 0.2) is 31.0 Å². The van der Waals surface area contributed by atoms with Gasteiger partial charge in [-0.1, -0.05) is 4.85 Å². The lowest BCUT2D eigenvalue weighted by molar-refractivity contribution is -0.229. The number of fused-ring (bicyclic) bond motifs is 2. The fourth-order valence-corrected chi connectivity index (χ4v) is 3.91. The van der Waals surface area contributed by atoms with Crippen molar-refractivity contribution in [1.29, 1.82) is 0 Å². The minimum absolute atomic E-state index is 0.0630. The molecule has 5 heterocycles. The van der Waals surface area contributed by atoms with Gasteiger partial charge in [0.15, 0.2) is 17.7 Å². The highest BCUT2D eigenvalue weighted by Crippen LogP contribution is 2.38. The molecule has 1 saturated heterocycles. The van der Waals surface area contributed by atoms with E-state index < -0.39 is 39.0 Å². The Hall–Kier alpha value is -3.27. The summed E-state index contributed by atoms with van der Waals surface area (Å²) in [7, 11) is -4.97. The maximum Gasteiger partial charge on any atom is 0.343 e. The number of aromatic nitrogens is 8. The van der Waals surface area contributed by atoms with Crippen molar-refractivity contribution in [3.8, 4) is 0 Å². The number of nitrogens with zero attached hydrogens (tertiary/aromatic N) is 8. The van der Waals surface area contributed by atoms with Crippen molar-refractivity contribution in [3.05, 3.63) is 31.0 Å². The topological polar surface area (TPSA) is 221 Å². The first-order valence-electron chi connectivity index (χ1n) is 9.11. The lowest BCUT2D eigenvalue weighted by Gasteiger charge is -2.24. The number of pyridine rings is 1. The zero-order valence-electron chi connectivity index (χ0n) is 15.9. The van der Waals surface area contributed by atoms with Gasteiger partial charge >= 0.3 is 7.82 Å². The summed E-state index contributed by atoms with van der Waals surface area (Å²) in [5, 5.41) is 28.0. The summed E-state index contributed by atoms with van der Waals surface area (Å²) in [6.45, 7) is -0.653. The van der Waals surface area contributed by atoms with E-state index in [4.69, 9.17) is 19.6 Å². The van der Waals surface area contributed by atoms with Crippen molar-refractivity contribution >= 4 is 36.0 Å². The van der Waals surface area contributed by atoms with E-state index in [2.05, 4.69) is 30.2 Å². The van der Waals surface area contributed by atoms with Gasteiger partial charge in [0.1, 0.15) is 35.7 Å². The summed E-state index contributed by atoms with van der Waals surface area (Å²) in [6.07, 6.45) is -1.34. The van der Waals surface area contributed by atoms with Gasteiger partial charge in [-0.05, 0) is 17.3 Å². The van der Waals surface area contributed by atoms with Crippen molar-refractivity contribution in [2.75, 3.05) is 12.3 Å². The van der Waals surface area contributed by atoms with Crippen molar-refractivity contribution < 1.29 is 33.6 Å². The summed E-state index contributed by atoms with van der Waals surface area (Å²) in [5.41, 5.74) is 6.66. The monoisotopic (exact) mass is 464 g/mol. The highest BCUT2D eigenvalue weighted by atomic mass is 31.2. The zero-order chi connectivity index (χ0) is 22.5. The smallest absolute Gasteiger partial charge is 0.343 e. The van der Waals surface area contributed by atoms with Gasteiger partial charge in [-0.15, -0.1) is 5.10 Å². The number of hydrogen-bond donors (Lipinski definition) is 3. The second kappa shape index (κ2) is 7.70. The molecule has 0 bridgehead atoms. The average molecular weight is 464 g/mol. The van der Waals surface area contributed by atoms with Gasteiger partial charge in [0, 0.05) is 6.20 Å². The van der Waals surface area contributed by atoms with E-state index in [0.29, 0.717) is 10.4 Å². The number of imidazole rings is 1. The SMILES string of the molecule is Nc1ncnc2c1ncn2[C@@H]1O[C@H](COP(=O)([O-])On2nnc3cccnc32)[C@@H](O)[C@H]1O. The Morgan fingerprint density at radius 2 is 2.06 bits per heavy atom. The van der Waals surface area contributed by atoms with Gasteiger partial charge in [0.2, 0.25) is 5.65 Å². The highest BCUT2D eigenvalue weighted by Gasteiger charge is 2.45. The molecule has 0 aliphatic carbocycles. The van der Waals surface area contributed by atoms with Gasteiger partial charge < -0.3 is 34.7 Å². The van der Waals surface area contributed by atoms with Gasteiger partial charge in [-0.3, -0.25) is 9.13 Å². The molecule has 16 nitrogen and oxygen atoms in total. The fraction of sp³-hybridized carbons (Fsp3) is 0.333. The number of aliphatic hydroxyl groups is 2. The highest BCUT2D eigenvalue weighted by molar-refractivity contribution is 7.46. The molecule has 168 valence electrons. The summed E-state index contributed by atoms with van der Waals surface area (Å²) in [4.78, 5) is 28.7. The van der Waals surface area contributed by atoms with Crippen LogP contribution >= 0.6 is 7.82 Å². The second-order valence-corrected chi connectivity index (χ2v) is 8.08. The van der Waals surface area contributed by atoms with Crippen LogP contribution in [0.5, 0.6) is 0 Å². The molecule has 0 radical (unpaired) electrons. The van der Waals surface area contributed by atoms with E-state index in [1.807, 2.05) is 0 Å². The van der Waals surface area contributed by atoms with Gasteiger partial charge in [0.05, 0.1) is 12.9 Å². The first-order chi connectivity index (χ1) is 15.3. The number of anilines is 1. The van der Waals surface area contributed by atoms with E-state index in [-0.39, 0.29) is 22.6 Å². The van der Waals surface area contributed by atoms with Crippen LogP contribution < -0.4 is 15.3 Å². The Bertz CT molecular complexity index is 1330. The van der Waals surface area contributed by atoms with Crippen molar-refractivity contribution in [2.24, 2.45) is 0 Å². The van der Waals surface area contributed by atoms with E-state index in [0.717, 1.165) is 0 Å². The minimum Gasteiger partial charge on any atom is -0.745 e. The van der Waals surface area contributed by atoms with Crippen LogP contribution in [-0.4, -0.2) is 74.8 Å². The average Bonchev–Trinajstić information content (AvgIpc) is 3.45. The molecule has 4 aromatic rings. The summed E-state index contributed by atoms with van der Waals surface area (Å²) in [6, 6.07) is 3.16. The predicted molar refractivity (Wildman–Crippen MR) is 101 cm³/mol. The Kier molecular flexibility index (Phi) is 4.96. The van der Waals surface area contributed by atoms with Gasteiger partial charge in [-0.2, -0.15) is 0 Å². The van der Waals surface area contributed by atoms with Crippen LogP contribution in [0.4, 0.5) is 5.82 Å². The van der Waals surface area contributed by atoms with Crippen LogP contribution in [0, 0.1) is 0 Å². The van der Waals surface area contributed by atoms with Gasteiger partial charge in [0.25, 0.3) is 0 Å². The second-order valence-electron chi connectivity index (χ2n) is 6.76. The molecule has 5 atom stereocenters. The first kappa shape index (κ1) is 20.6. The van der Waals surface area contributed by atoms with Gasteiger partial charge in [-0.25, -0.2) is 19.9 Å². The van der Waals surface area contributed by atoms with E-state index in [9.17, 15) is 19.7 Å².